The number of anilines is 1. The minimum Gasteiger partial charge on any atom is -0.378 e. The number of amides is 1. The van der Waals surface area contributed by atoms with Crippen LogP contribution in [-0.4, -0.2) is 65.0 Å². The van der Waals surface area contributed by atoms with E-state index in [1.54, 1.807) is 6.20 Å². The second-order valence-corrected chi connectivity index (χ2v) is 7.30. The molecule has 0 unspecified atom stereocenters. The maximum absolute atomic E-state index is 12.5. The standard InChI is InChI=1S/C20H27N5O2/c26-20(24-12-14-27-15-13-24)18-2-3-19(21-16-18)23-9-4-17(5-10-23)6-11-25-8-1-7-22-25/h1-3,7-8,16-17H,4-6,9-15H2. The summed E-state index contributed by atoms with van der Waals surface area (Å²) in [5.41, 5.74) is 0.662. The molecular formula is C20H27N5O2. The van der Waals surface area contributed by atoms with Crippen molar-refractivity contribution < 1.29 is 9.53 Å². The lowest BCUT2D eigenvalue weighted by Gasteiger charge is -2.33. The Kier molecular flexibility index (Phi) is 5.67. The van der Waals surface area contributed by atoms with Crippen LogP contribution in [0.3, 0.4) is 0 Å². The van der Waals surface area contributed by atoms with E-state index in [9.17, 15) is 4.79 Å². The number of ether oxygens (including phenoxy) is 1. The van der Waals surface area contributed by atoms with E-state index in [0.717, 1.165) is 31.4 Å². The predicted octanol–water partition coefficient (Wildman–Crippen LogP) is 2.06. The maximum atomic E-state index is 12.5. The van der Waals surface area contributed by atoms with Gasteiger partial charge in [-0.05, 0) is 43.4 Å². The molecular weight excluding hydrogens is 342 g/mol. The number of hydrogen-bond acceptors (Lipinski definition) is 5. The number of rotatable bonds is 5. The van der Waals surface area contributed by atoms with Crippen LogP contribution in [0.4, 0.5) is 5.82 Å². The molecule has 27 heavy (non-hydrogen) atoms. The van der Waals surface area contributed by atoms with Crippen molar-refractivity contribution in [3.63, 3.8) is 0 Å². The number of aromatic nitrogens is 3. The fourth-order valence-corrected chi connectivity index (χ4v) is 3.85. The summed E-state index contributed by atoms with van der Waals surface area (Å²) >= 11 is 0. The molecule has 0 bridgehead atoms. The van der Waals surface area contributed by atoms with Crippen LogP contribution in [0.1, 0.15) is 29.6 Å². The third kappa shape index (κ3) is 4.47. The van der Waals surface area contributed by atoms with Crippen molar-refractivity contribution in [2.75, 3.05) is 44.3 Å². The molecule has 7 nitrogen and oxygen atoms in total. The van der Waals surface area contributed by atoms with Gasteiger partial charge < -0.3 is 14.5 Å². The lowest BCUT2D eigenvalue weighted by Crippen LogP contribution is -2.40. The second kappa shape index (κ2) is 8.52. The van der Waals surface area contributed by atoms with E-state index in [-0.39, 0.29) is 5.91 Å². The quantitative estimate of drug-likeness (QED) is 0.807. The summed E-state index contributed by atoms with van der Waals surface area (Å²) in [6.07, 6.45) is 9.11. The maximum Gasteiger partial charge on any atom is 0.255 e. The first-order valence-electron chi connectivity index (χ1n) is 9.85. The Morgan fingerprint density at radius 2 is 1.96 bits per heavy atom. The molecule has 2 aromatic heterocycles. The molecule has 0 aliphatic carbocycles. The SMILES string of the molecule is O=C(c1ccc(N2CCC(CCn3cccn3)CC2)nc1)N1CCOCC1. The van der Waals surface area contributed by atoms with Gasteiger partial charge in [0.25, 0.3) is 5.91 Å². The van der Waals surface area contributed by atoms with Crippen molar-refractivity contribution in [3.05, 3.63) is 42.4 Å². The van der Waals surface area contributed by atoms with E-state index in [1.807, 2.05) is 40.2 Å². The average molecular weight is 369 g/mol. The Morgan fingerprint density at radius 1 is 1.15 bits per heavy atom. The number of aryl methyl sites for hydroxylation is 1. The topological polar surface area (TPSA) is 63.5 Å². The van der Waals surface area contributed by atoms with E-state index < -0.39 is 0 Å². The van der Waals surface area contributed by atoms with Crippen LogP contribution in [0.25, 0.3) is 0 Å². The molecule has 0 atom stereocenters. The van der Waals surface area contributed by atoms with Crippen LogP contribution in [0.2, 0.25) is 0 Å². The smallest absolute Gasteiger partial charge is 0.255 e. The van der Waals surface area contributed by atoms with Gasteiger partial charge in [0.05, 0.1) is 18.8 Å². The molecule has 2 aromatic rings. The molecule has 0 N–H and O–H groups in total. The molecule has 0 aromatic carbocycles. The van der Waals surface area contributed by atoms with Crippen molar-refractivity contribution in [3.8, 4) is 0 Å². The van der Waals surface area contributed by atoms with E-state index >= 15 is 0 Å². The number of carbonyl (C=O) groups excluding carboxylic acids is 1. The van der Waals surface area contributed by atoms with Gasteiger partial charge in [-0.1, -0.05) is 0 Å². The van der Waals surface area contributed by atoms with Gasteiger partial charge in [0.15, 0.2) is 0 Å². The predicted molar refractivity (Wildman–Crippen MR) is 103 cm³/mol. The zero-order valence-corrected chi connectivity index (χ0v) is 15.7. The third-order valence-electron chi connectivity index (χ3n) is 5.56. The molecule has 2 saturated heterocycles. The van der Waals surface area contributed by atoms with Crippen LogP contribution >= 0.6 is 0 Å². The number of carbonyl (C=O) groups is 1. The van der Waals surface area contributed by atoms with Crippen molar-refractivity contribution in [2.45, 2.75) is 25.8 Å². The highest BCUT2D eigenvalue weighted by atomic mass is 16.5. The summed E-state index contributed by atoms with van der Waals surface area (Å²) in [6.45, 7) is 5.59. The van der Waals surface area contributed by atoms with E-state index in [2.05, 4.69) is 15.0 Å². The fraction of sp³-hybridized carbons (Fsp3) is 0.550. The molecule has 2 aliphatic heterocycles. The summed E-state index contributed by atoms with van der Waals surface area (Å²) in [6, 6.07) is 5.86. The molecule has 2 fully saturated rings. The van der Waals surface area contributed by atoms with Crippen molar-refractivity contribution in [1.29, 1.82) is 0 Å². The summed E-state index contributed by atoms with van der Waals surface area (Å²) in [7, 11) is 0. The van der Waals surface area contributed by atoms with Gasteiger partial charge in [0.2, 0.25) is 0 Å². The average Bonchev–Trinajstić information content (AvgIpc) is 3.27. The number of piperidine rings is 1. The molecule has 2 aliphatic rings. The molecule has 4 rings (SSSR count). The van der Waals surface area contributed by atoms with Gasteiger partial charge >= 0.3 is 0 Å². The Labute approximate surface area is 159 Å². The lowest BCUT2D eigenvalue weighted by atomic mass is 9.93. The van der Waals surface area contributed by atoms with Crippen LogP contribution in [0.5, 0.6) is 0 Å². The van der Waals surface area contributed by atoms with Crippen LogP contribution in [-0.2, 0) is 11.3 Å². The summed E-state index contributed by atoms with van der Waals surface area (Å²) in [4.78, 5) is 21.2. The Bertz CT molecular complexity index is 717. The Morgan fingerprint density at radius 3 is 2.63 bits per heavy atom. The Balaban J connectivity index is 1.27. The van der Waals surface area contributed by atoms with Gasteiger partial charge in [-0.2, -0.15) is 5.10 Å². The molecule has 144 valence electrons. The minimum absolute atomic E-state index is 0.0506. The van der Waals surface area contributed by atoms with Crippen molar-refractivity contribution in [2.24, 2.45) is 5.92 Å². The first-order chi connectivity index (χ1) is 13.3. The second-order valence-electron chi connectivity index (χ2n) is 7.30. The van der Waals surface area contributed by atoms with E-state index in [1.165, 1.54) is 19.3 Å². The first-order valence-corrected chi connectivity index (χ1v) is 9.85. The molecule has 0 radical (unpaired) electrons. The highest BCUT2D eigenvalue weighted by molar-refractivity contribution is 5.94. The molecule has 1 amide bonds. The first kappa shape index (κ1) is 18.0. The lowest BCUT2D eigenvalue weighted by molar-refractivity contribution is 0.0302. The van der Waals surface area contributed by atoms with Gasteiger partial charge in [-0.15, -0.1) is 0 Å². The van der Waals surface area contributed by atoms with Crippen LogP contribution in [0.15, 0.2) is 36.8 Å². The minimum atomic E-state index is 0.0506. The van der Waals surface area contributed by atoms with Gasteiger partial charge in [-0.3, -0.25) is 9.48 Å². The summed E-state index contributed by atoms with van der Waals surface area (Å²) in [5.74, 6) is 1.77. The van der Waals surface area contributed by atoms with E-state index in [4.69, 9.17) is 4.74 Å². The third-order valence-corrected chi connectivity index (χ3v) is 5.56. The number of morpholine rings is 1. The molecule has 4 heterocycles. The zero-order valence-electron chi connectivity index (χ0n) is 15.7. The number of pyridine rings is 1. The number of nitrogens with zero attached hydrogens (tertiary/aromatic N) is 5. The largest absolute Gasteiger partial charge is 0.378 e. The molecule has 0 spiro atoms. The Hall–Kier alpha value is -2.41. The van der Waals surface area contributed by atoms with Crippen LogP contribution < -0.4 is 4.90 Å². The zero-order chi connectivity index (χ0) is 18.5. The molecule has 0 saturated carbocycles. The van der Waals surface area contributed by atoms with Gasteiger partial charge in [0, 0.05) is 51.3 Å². The van der Waals surface area contributed by atoms with Crippen LogP contribution in [0, 0.1) is 5.92 Å². The normalized spacial score (nSPS) is 18.7. The monoisotopic (exact) mass is 369 g/mol. The molecule has 7 heteroatoms. The summed E-state index contributed by atoms with van der Waals surface area (Å²) in [5, 5.41) is 4.28. The van der Waals surface area contributed by atoms with E-state index in [0.29, 0.717) is 31.9 Å². The fourth-order valence-electron chi connectivity index (χ4n) is 3.85. The highest BCUT2D eigenvalue weighted by Gasteiger charge is 2.22. The van der Waals surface area contributed by atoms with Crippen molar-refractivity contribution >= 4 is 11.7 Å². The highest BCUT2D eigenvalue weighted by Crippen LogP contribution is 2.24. The van der Waals surface area contributed by atoms with Crippen molar-refractivity contribution in [1.82, 2.24) is 19.7 Å². The summed E-state index contributed by atoms with van der Waals surface area (Å²) < 4.78 is 7.32. The van der Waals surface area contributed by atoms with Gasteiger partial charge in [-0.25, -0.2) is 4.98 Å². The number of hydrogen-bond donors (Lipinski definition) is 0. The van der Waals surface area contributed by atoms with Gasteiger partial charge in [0.1, 0.15) is 5.82 Å².